The van der Waals surface area contributed by atoms with E-state index in [4.69, 9.17) is 9.98 Å². The minimum atomic E-state index is -0.410. The van der Waals surface area contributed by atoms with E-state index < -0.39 is 9.85 Å². The zero-order chi connectivity index (χ0) is 32.7. The highest BCUT2D eigenvalue weighted by Crippen LogP contribution is 2.16. The highest BCUT2D eigenvalue weighted by molar-refractivity contribution is 5.99. The minimum absolute atomic E-state index is 0.0596. The van der Waals surface area contributed by atoms with Crippen LogP contribution in [0.1, 0.15) is 11.1 Å². The fourth-order valence-corrected chi connectivity index (χ4v) is 4.70. The standard InChI is InChI=1S/C34H38N8O4/c1-39(25-23-35-29-13-17-31(18-14-29)41(43)44)33(27-9-5-3-6-10-27)37-21-22-38-34(28-11-7-4-8-12-28)40(2)26-24-36-30-15-19-32(20-16-30)42(45)46/h3-20,35-36H,21-26H2,1-2H3. The van der Waals surface area contributed by atoms with Gasteiger partial charge in [0.15, 0.2) is 0 Å². The summed E-state index contributed by atoms with van der Waals surface area (Å²) in [5.41, 5.74) is 3.75. The van der Waals surface area contributed by atoms with Crippen molar-refractivity contribution in [2.24, 2.45) is 9.98 Å². The van der Waals surface area contributed by atoms with Gasteiger partial charge in [-0.2, -0.15) is 0 Å². The number of amidine groups is 2. The van der Waals surface area contributed by atoms with E-state index >= 15 is 0 Å². The predicted molar refractivity (Wildman–Crippen MR) is 184 cm³/mol. The maximum absolute atomic E-state index is 10.9. The Morgan fingerprint density at radius 2 is 0.935 bits per heavy atom. The number of nitrogens with zero attached hydrogens (tertiary/aromatic N) is 6. The molecule has 4 rings (SSSR count). The lowest BCUT2D eigenvalue weighted by atomic mass is 10.2. The smallest absolute Gasteiger partial charge is 0.269 e. The first-order valence-electron chi connectivity index (χ1n) is 14.9. The molecule has 4 aromatic carbocycles. The van der Waals surface area contributed by atoms with Crippen molar-refractivity contribution < 1.29 is 9.85 Å². The number of aliphatic imine (C=N–C) groups is 2. The molecular formula is C34H38N8O4. The Balaban J connectivity index is 1.39. The number of hydrogen-bond donors (Lipinski definition) is 2. The fourth-order valence-electron chi connectivity index (χ4n) is 4.70. The third-order valence-corrected chi connectivity index (χ3v) is 7.12. The number of likely N-dealkylation sites (N-methyl/N-ethyl adjacent to an activating group) is 2. The van der Waals surface area contributed by atoms with E-state index in [-0.39, 0.29) is 11.4 Å². The molecule has 12 heteroatoms. The van der Waals surface area contributed by atoms with Crippen LogP contribution in [0.2, 0.25) is 0 Å². The third kappa shape index (κ3) is 9.88. The Hall–Kier alpha value is -5.78. The van der Waals surface area contributed by atoms with Crippen molar-refractivity contribution in [1.29, 1.82) is 0 Å². The van der Waals surface area contributed by atoms with E-state index in [2.05, 4.69) is 20.4 Å². The van der Waals surface area contributed by atoms with Crippen LogP contribution < -0.4 is 10.6 Å². The fraction of sp³-hybridized carbons (Fsp3) is 0.235. The van der Waals surface area contributed by atoms with E-state index in [1.807, 2.05) is 74.8 Å². The molecule has 46 heavy (non-hydrogen) atoms. The molecule has 0 aliphatic heterocycles. The minimum Gasteiger partial charge on any atom is -0.383 e. The van der Waals surface area contributed by atoms with E-state index in [9.17, 15) is 20.2 Å². The Bertz CT molecular complexity index is 1490. The number of benzene rings is 4. The summed E-state index contributed by atoms with van der Waals surface area (Å²) in [7, 11) is 3.99. The molecule has 0 radical (unpaired) electrons. The summed E-state index contributed by atoms with van der Waals surface area (Å²) in [6.45, 7) is 3.52. The van der Waals surface area contributed by atoms with Crippen molar-refractivity contribution in [3.8, 4) is 0 Å². The summed E-state index contributed by atoms with van der Waals surface area (Å²) in [5, 5.41) is 28.5. The van der Waals surface area contributed by atoms with E-state index in [1.54, 1.807) is 24.3 Å². The average Bonchev–Trinajstić information content (AvgIpc) is 3.07. The van der Waals surface area contributed by atoms with E-state index in [0.29, 0.717) is 39.3 Å². The van der Waals surface area contributed by atoms with E-state index in [1.165, 1.54) is 24.3 Å². The topological polar surface area (TPSA) is 142 Å². The quantitative estimate of drug-likeness (QED) is 0.0559. The number of hydrogen-bond acceptors (Lipinski definition) is 8. The van der Waals surface area contributed by atoms with Crippen LogP contribution in [0.25, 0.3) is 0 Å². The molecule has 0 amide bonds. The summed E-state index contributed by atoms with van der Waals surface area (Å²) >= 11 is 0. The first-order valence-corrected chi connectivity index (χ1v) is 14.9. The van der Waals surface area contributed by atoms with Crippen molar-refractivity contribution in [1.82, 2.24) is 9.80 Å². The molecule has 0 aliphatic carbocycles. The van der Waals surface area contributed by atoms with Gasteiger partial charge in [0.25, 0.3) is 11.4 Å². The lowest BCUT2D eigenvalue weighted by Gasteiger charge is -2.23. The molecule has 0 fully saturated rings. The van der Waals surface area contributed by atoms with Gasteiger partial charge in [-0.15, -0.1) is 0 Å². The van der Waals surface area contributed by atoms with Crippen LogP contribution in [-0.4, -0.2) is 84.7 Å². The predicted octanol–water partition coefficient (Wildman–Crippen LogP) is 5.78. The zero-order valence-corrected chi connectivity index (χ0v) is 26.0. The summed E-state index contributed by atoms with van der Waals surface area (Å²) in [4.78, 5) is 35.1. The molecule has 0 unspecified atom stereocenters. The number of nitro benzene ring substituents is 2. The Labute approximate surface area is 268 Å². The van der Waals surface area contributed by atoms with Crippen molar-refractivity contribution in [3.63, 3.8) is 0 Å². The van der Waals surface area contributed by atoms with Crippen molar-refractivity contribution in [2.75, 3.05) is 64.0 Å². The van der Waals surface area contributed by atoms with Crippen LogP contribution in [0.4, 0.5) is 22.7 Å². The summed E-state index contributed by atoms with van der Waals surface area (Å²) in [5.74, 6) is 1.70. The Kier molecular flexibility index (Phi) is 12.2. The second-order valence-corrected chi connectivity index (χ2v) is 10.4. The normalized spacial score (nSPS) is 11.5. The van der Waals surface area contributed by atoms with Gasteiger partial charge in [-0.3, -0.25) is 30.2 Å². The van der Waals surface area contributed by atoms with Gasteiger partial charge in [-0.1, -0.05) is 60.7 Å². The molecule has 0 spiro atoms. The van der Waals surface area contributed by atoms with Gasteiger partial charge in [0.2, 0.25) is 0 Å². The van der Waals surface area contributed by atoms with Gasteiger partial charge in [0.05, 0.1) is 22.9 Å². The number of nitro groups is 2. The van der Waals surface area contributed by atoms with Gasteiger partial charge < -0.3 is 20.4 Å². The van der Waals surface area contributed by atoms with Crippen molar-refractivity contribution >= 4 is 34.4 Å². The molecule has 2 N–H and O–H groups in total. The molecule has 0 bridgehead atoms. The first kappa shape index (κ1) is 33.1. The summed E-state index contributed by atoms with van der Waals surface area (Å²) in [6.07, 6.45) is 0. The molecule has 0 aromatic heterocycles. The van der Waals surface area contributed by atoms with Crippen LogP contribution in [-0.2, 0) is 0 Å². The second-order valence-electron chi connectivity index (χ2n) is 10.4. The van der Waals surface area contributed by atoms with Crippen LogP contribution in [0.5, 0.6) is 0 Å². The van der Waals surface area contributed by atoms with Crippen molar-refractivity contribution in [2.45, 2.75) is 0 Å². The molecule has 0 atom stereocenters. The largest absolute Gasteiger partial charge is 0.383 e. The monoisotopic (exact) mass is 622 g/mol. The average molecular weight is 623 g/mol. The van der Waals surface area contributed by atoms with E-state index in [0.717, 1.165) is 34.2 Å². The molecule has 0 saturated heterocycles. The second kappa shape index (κ2) is 16.9. The van der Waals surface area contributed by atoms with Crippen LogP contribution >= 0.6 is 0 Å². The summed E-state index contributed by atoms with van der Waals surface area (Å²) < 4.78 is 0. The van der Waals surface area contributed by atoms with Gasteiger partial charge >= 0.3 is 0 Å². The number of nitrogens with one attached hydrogen (secondary N) is 2. The van der Waals surface area contributed by atoms with Gasteiger partial charge in [-0.05, 0) is 24.3 Å². The lowest BCUT2D eigenvalue weighted by Crippen LogP contribution is -2.33. The third-order valence-electron chi connectivity index (χ3n) is 7.12. The zero-order valence-electron chi connectivity index (χ0n) is 26.0. The Morgan fingerprint density at radius 1 is 0.587 bits per heavy atom. The lowest BCUT2D eigenvalue weighted by molar-refractivity contribution is -0.385. The highest BCUT2D eigenvalue weighted by atomic mass is 16.6. The SMILES string of the molecule is CN(CCNc1ccc([N+](=O)[O-])cc1)C(=NCCN=C(c1ccccc1)N(C)CCNc1ccc([N+](=O)[O-])cc1)c1ccccc1. The van der Waals surface area contributed by atoms with Crippen LogP contribution in [0, 0.1) is 20.2 Å². The number of anilines is 2. The van der Waals surface area contributed by atoms with Gasteiger partial charge in [0, 0.05) is 87.0 Å². The number of non-ortho nitro benzene ring substituents is 2. The molecule has 238 valence electrons. The maximum atomic E-state index is 10.9. The Morgan fingerprint density at radius 3 is 1.26 bits per heavy atom. The van der Waals surface area contributed by atoms with Crippen LogP contribution in [0.15, 0.2) is 119 Å². The van der Waals surface area contributed by atoms with Crippen LogP contribution in [0.3, 0.4) is 0 Å². The summed E-state index contributed by atoms with van der Waals surface area (Å²) in [6, 6.07) is 32.8. The first-order chi connectivity index (χ1) is 22.3. The molecular weight excluding hydrogens is 584 g/mol. The van der Waals surface area contributed by atoms with Gasteiger partial charge in [0.1, 0.15) is 11.7 Å². The molecule has 0 saturated carbocycles. The maximum Gasteiger partial charge on any atom is 0.269 e. The molecule has 12 nitrogen and oxygen atoms in total. The van der Waals surface area contributed by atoms with Crippen molar-refractivity contribution in [3.05, 3.63) is 141 Å². The molecule has 0 heterocycles. The number of rotatable bonds is 15. The highest BCUT2D eigenvalue weighted by Gasteiger charge is 2.12. The molecule has 0 aliphatic rings. The van der Waals surface area contributed by atoms with Gasteiger partial charge in [-0.25, -0.2) is 0 Å². The molecule has 4 aromatic rings.